The Morgan fingerprint density at radius 3 is 2.10 bits per heavy atom. The number of carboxylic acids is 1. The average Bonchev–Trinajstić information content (AvgIpc) is 3.04. The summed E-state index contributed by atoms with van der Waals surface area (Å²) in [4.78, 5) is 35.3. The number of hydrogen-bond acceptors (Lipinski definition) is 4. The second-order valence-corrected chi connectivity index (χ2v) is 7.77. The zero-order chi connectivity index (χ0) is 21.7. The van der Waals surface area contributed by atoms with Crippen LogP contribution in [0, 0.1) is 5.92 Å². The number of carbonyl (C=O) groups is 3. The average molecular weight is 410 g/mol. The highest BCUT2D eigenvalue weighted by Gasteiger charge is 2.29. The van der Waals surface area contributed by atoms with E-state index >= 15 is 0 Å². The molecule has 7 heteroatoms. The van der Waals surface area contributed by atoms with Crippen LogP contribution in [-0.2, 0) is 14.3 Å². The number of hydrogen-bond donors (Lipinski definition) is 3. The number of carboxylic acid groups (broad SMARTS) is 1. The van der Waals surface area contributed by atoms with Crippen LogP contribution < -0.4 is 10.6 Å². The van der Waals surface area contributed by atoms with Crippen molar-refractivity contribution in [3.63, 3.8) is 0 Å². The predicted octanol–water partition coefficient (Wildman–Crippen LogP) is 3.14. The van der Waals surface area contributed by atoms with Crippen LogP contribution in [0.15, 0.2) is 48.5 Å². The molecule has 0 unspecified atom stereocenters. The molecule has 1 aliphatic rings. The summed E-state index contributed by atoms with van der Waals surface area (Å²) in [6, 6.07) is 15.0. The van der Waals surface area contributed by atoms with Crippen LogP contribution in [0.25, 0.3) is 11.1 Å². The third-order valence-corrected chi connectivity index (χ3v) is 5.08. The molecule has 30 heavy (non-hydrogen) atoms. The number of alkyl carbamates (subject to hydrolysis) is 1. The van der Waals surface area contributed by atoms with Crippen LogP contribution >= 0.6 is 0 Å². The first-order chi connectivity index (χ1) is 14.4. The zero-order valence-electron chi connectivity index (χ0n) is 17.1. The Kier molecular flexibility index (Phi) is 6.72. The fourth-order valence-corrected chi connectivity index (χ4v) is 3.74. The van der Waals surface area contributed by atoms with Gasteiger partial charge in [-0.25, -0.2) is 9.59 Å². The molecule has 1 atom stereocenters. The van der Waals surface area contributed by atoms with E-state index in [1.54, 1.807) is 0 Å². The van der Waals surface area contributed by atoms with E-state index in [9.17, 15) is 19.5 Å². The smallest absolute Gasteiger partial charge is 0.407 e. The van der Waals surface area contributed by atoms with Crippen molar-refractivity contribution in [2.45, 2.75) is 32.2 Å². The maximum atomic E-state index is 12.1. The van der Waals surface area contributed by atoms with E-state index in [4.69, 9.17) is 4.74 Å². The van der Waals surface area contributed by atoms with Gasteiger partial charge in [0, 0.05) is 5.92 Å². The van der Waals surface area contributed by atoms with Gasteiger partial charge in [0.2, 0.25) is 5.91 Å². The molecule has 0 aromatic heterocycles. The minimum atomic E-state index is -1.10. The quantitative estimate of drug-likeness (QED) is 0.620. The second kappa shape index (κ2) is 9.43. The minimum absolute atomic E-state index is 0.0700. The molecule has 2 aromatic rings. The van der Waals surface area contributed by atoms with Gasteiger partial charge < -0.3 is 20.5 Å². The maximum absolute atomic E-state index is 12.1. The number of rotatable bonds is 8. The Balaban J connectivity index is 1.53. The van der Waals surface area contributed by atoms with E-state index in [1.165, 1.54) is 0 Å². The molecule has 2 aromatic carbocycles. The fourth-order valence-electron chi connectivity index (χ4n) is 3.74. The van der Waals surface area contributed by atoms with Gasteiger partial charge in [0.25, 0.3) is 0 Å². The van der Waals surface area contributed by atoms with Gasteiger partial charge in [0.05, 0.1) is 0 Å². The highest BCUT2D eigenvalue weighted by atomic mass is 16.5. The number of carbonyl (C=O) groups excluding carboxylic acids is 2. The third kappa shape index (κ3) is 4.97. The number of nitrogens with one attached hydrogen (secondary N) is 2. The summed E-state index contributed by atoms with van der Waals surface area (Å²) < 4.78 is 5.36. The van der Waals surface area contributed by atoms with Gasteiger partial charge in [-0.15, -0.1) is 0 Å². The first kappa shape index (κ1) is 21.4. The van der Waals surface area contributed by atoms with Gasteiger partial charge in [-0.05, 0) is 34.6 Å². The number of fused-ring (bicyclic) bond motifs is 3. The Morgan fingerprint density at radius 1 is 1.00 bits per heavy atom. The van der Waals surface area contributed by atoms with Gasteiger partial charge in [0.15, 0.2) is 0 Å². The van der Waals surface area contributed by atoms with Crippen LogP contribution in [0.3, 0.4) is 0 Å². The monoisotopic (exact) mass is 410 g/mol. The Morgan fingerprint density at radius 2 is 1.57 bits per heavy atom. The van der Waals surface area contributed by atoms with Crippen LogP contribution in [-0.4, -0.2) is 42.3 Å². The van der Waals surface area contributed by atoms with E-state index in [2.05, 4.69) is 22.8 Å². The SMILES string of the molecule is CC(C)C[C@H](NC(=O)CNC(=O)OCC1c2ccccc2-c2ccccc21)C(=O)O. The largest absolute Gasteiger partial charge is 0.480 e. The van der Waals surface area contributed by atoms with E-state index in [-0.39, 0.29) is 25.0 Å². The summed E-state index contributed by atoms with van der Waals surface area (Å²) in [6.07, 6.45) is -0.408. The van der Waals surface area contributed by atoms with Crippen molar-refractivity contribution in [1.29, 1.82) is 0 Å². The van der Waals surface area contributed by atoms with Gasteiger partial charge in [0.1, 0.15) is 19.2 Å². The fraction of sp³-hybridized carbons (Fsp3) is 0.348. The molecule has 0 radical (unpaired) electrons. The van der Waals surface area contributed by atoms with Crippen LogP contribution in [0.1, 0.15) is 37.3 Å². The highest BCUT2D eigenvalue weighted by Crippen LogP contribution is 2.44. The molecule has 0 bridgehead atoms. The molecule has 1 aliphatic carbocycles. The highest BCUT2D eigenvalue weighted by molar-refractivity contribution is 5.86. The van der Waals surface area contributed by atoms with Gasteiger partial charge >= 0.3 is 12.1 Å². The van der Waals surface area contributed by atoms with E-state index < -0.39 is 24.0 Å². The van der Waals surface area contributed by atoms with E-state index in [1.807, 2.05) is 50.2 Å². The van der Waals surface area contributed by atoms with E-state index in [0.717, 1.165) is 22.3 Å². The van der Waals surface area contributed by atoms with Crippen molar-refractivity contribution < 1.29 is 24.2 Å². The zero-order valence-corrected chi connectivity index (χ0v) is 17.1. The molecule has 0 fully saturated rings. The predicted molar refractivity (Wildman–Crippen MR) is 112 cm³/mol. The molecule has 0 saturated heterocycles. The summed E-state index contributed by atoms with van der Waals surface area (Å²) >= 11 is 0. The van der Waals surface area contributed by atoms with Crippen molar-refractivity contribution in [3.8, 4) is 11.1 Å². The van der Waals surface area contributed by atoms with Gasteiger partial charge in [-0.2, -0.15) is 0 Å². The number of benzene rings is 2. The van der Waals surface area contributed by atoms with Crippen molar-refractivity contribution in [1.82, 2.24) is 10.6 Å². The lowest BCUT2D eigenvalue weighted by atomic mass is 9.98. The lowest BCUT2D eigenvalue weighted by Gasteiger charge is -2.17. The number of aliphatic carboxylic acids is 1. The standard InChI is InChI=1S/C23H26N2O5/c1-14(2)11-20(22(27)28)25-21(26)12-24-23(29)30-13-19-17-9-5-3-7-15(17)16-8-4-6-10-18(16)19/h3-10,14,19-20H,11-13H2,1-2H3,(H,24,29)(H,25,26)(H,27,28)/t20-/m0/s1. The van der Waals surface area contributed by atoms with Crippen molar-refractivity contribution in [2.24, 2.45) is 5.92 Å². The van der Waals surface area contributed by atoms with Crippen LogP contribution in [0.5, 0.6) is 0 Å². The first-order valence-corrected chi connectivity index (χ1v) is 9.97. The summed E-state index contributed by atoms with van der Waals surface area (Å²) in [5, 5.41) is 14.0. The first-order valence-electron chi connectivity index (χ1n) is 9.97. The lowest BCUT2D eigenvalue weighted by molar-refractivity contribution is -0.142. The number of ether oxygens (including phenoxy) is 1. The van der Waals surface area contributed by atoms with Gasteiger partial charge in [-0.1, -0.05) is 62.4 Å². The topological polar surface area (TPSA) is 105 Å². The molecule has 3 N–H and O–H groups in total. The van der Waals surface area contributed by atoms with E-state index in [0.29, 0.717) is 6.42 Å². The molecule has 0 aliphatic heterocycles. The Hall–Kier alpha value is -3.35. The number of amides is 2. The maximum Gasteiger partial charge on any atom is 0.407 e. The molecule has 0 saturated carbocycles. The van der Waals surface area contributed by atoms with Crippen LogP contribution in [0.4, 0.5) is 4.79 Å². The molecule has 3 rings (SSSR count). The Bertz CT molecular complexity index is 895. The second-order valence-electron chi connectivity index (χ2n) is 7.77. The molecule has 0 spiro atoms. The van der Waals surface area contributed by atoms with Crippen LogP contribution in [0.2, 0.25) is 0 Å². The molecule has 2 amide bonds. The molecular formula is C23H26N2O5. The Labute approximate surface area is 175 Å². The van der Waals surface area contributed by atoms with Crippen molar-refractivity contribution in [3.05, 3.63) is 59.7 Å². The minimum Gasteiger partial charge on any atom is -0.480 e. The van der Waals surface area contributed by atoms with Crippen molar-refractivity contribution >= 4 is 18.0 Å². The third-order valence-electron chi connectivity index (χ3n) is 5.08. The summed E-state index contributed by atoms with van der Waals surface area (Å²) in [7, 11) is 0. The summed E-state index contributed by atoms with van der Waals surface area (Å²) in [5.41, 5.74) is 4.46. The van der Waals surface area contributed by atoms with Crippen molar-refractivity contribution in [2.75, 3.05) is 13.2 Å². The molecule has 7 nitrogen and oxygen atoms in total. The molecule has 158 valence electrons. The molecular weight excluding hydrogens is 384 g/mol. The molecule has 0 heterocycles. The summed E-state index contributed by atoms with van der Waals surface area (Å²) in [6.45, 7) is 3.54. The normalized spacial score (nSPS) is 13.3. The van der Waals surface area contributed by atoms with Gasteiger partial charge in [-0.3, -0.25) is 4.79 Å². The summed E-state index contributed by atoms with van der Waals surface area (Å²) in [5.74, 6) is -1.63. The lowest BCUT2D eigenvalue weighted by Crippen LogP contribution is -2.46.